The molecule has 0 nitrogen and oxygen atoms in total. The van der Waals surface area contributed by atoms with E-state index in [0.29, 0.717) is 0 Å². The lowest BCUT2D eigenvalue weighted by molar-refractivity contribution is 0.243. The van der Waals surface area contributed by atoms with Crippen molar-refractivity contribution in [3.63, 3.8) is 0 Å². The maximum Gasteiger partial charge on any atom is -0.0168 e. The fraction of sp³-hybridized carbons (Fsp3) is 1.00. The van der Waals surface area contributed by atoms with Crippen LogP contribution in [0.25, 0.3) is 0 Å². The molecule has 0 heteroatoms. The average Bonchev–Trinajstić information content (AvgIpc) is 2.95. The topological polar surface area (TPSA) is 0 Å². The van der Waals surface area contributed by atoms with Gasteiger partial charge in [0.25, 0.3) is 0 Å². The Kier molecular flexibility index (Phi) is 3.16. The van der Waals surface area contributed by atoms with E-state index in [1.165, 1.54) is 19.3 Å². The number of hydrogen-bond acceptors (Lipinski definition) is 0. The second kappa shape index (κ2) is 4.00. The number of fused-ring (bicyclic) bond motifs is 1. The van der Waals surface area contributed by atoms with Gasteiger partial charge >= 0.3 is 0 Å². The summed E-state index contributed by atoms with van der Waals surface area (Å²) in [6.07, 6.45) is 4.28. The van der Waals surface area contributed by atoms with Crippen LogP contribution < -0.4 is 0 Å². The highest BCUT2D eigenvalue weighted by Crippen LogP contribution is 2.96. The molecular weight excluding hydrogens is 204 g/mol. The molecule has 6 atom stereocenters. The smallest absolute Gasteiger partial charge is 0.0168 e. The predicted octanol–water partition coefficient (Wildman–Crippen LogP) is 5.38. The van der Waals surface area contributed by atoms with Crippen LogP contribution in [0.4, 0.5) is 0 Å². The maximum atomic E-state index is 2.55. The van der Waals surface area contributed by atoms with Crippen LogP contribution in [0.2, 0.25) is 0 Å². The molecule has 0 aromatic heterocycles. The normalized spacial score (nSPS) is 46.6. The summed E-state index contributed by atoms with van der Waals surface area (Å²) in [6.45, 7) is 17.1. The van der Waals surface area contributed by atoms with Crippen LogP contribution in [0, 0.1) is 40.4 Å². The first-order valence-corrected chi connectivity index (χ1v) is 7.82. The van der Waals surface area contributed by atoms with Crippen molar-refractivity contribution in [1.29, 1.82) is 0 Å². The van der Waals surface area contributed by atoms with Crippen LogP contribution in [-0.4, -0.2) is 0 Å². The van der Waals surface area contributed by atoms with Crippen LogP contribution in [0.15, 0.2) is 0 Å². The van der Waals surface area contributed by atoms with Gasteiger partial charge in [0.15, 0.2) is 0 Å². The van der Waals surface area contributed by atoms with Gasteiger partial charge in [0.2, 0.25) is 0 Å². The third-order valence-electron chi connectivity index (χ3n) is 6.56. The summed E-state index contributed by atoms with van der Waals surface area (Å²) in [5.41, 5.74) is 1.49. The van der Waals surface area contributed by atoms with E-state index in [4.69, 9.17) is 0 Å². The van der Waals surface area contributed by atoms with Crippen molar-refractivity contribution in [2.45, 2.75) is 67.7 Å². The molecule has 0 bridgehead atoms. The van der Waals surface area contributed by atoms with Crippen LogP contribution in [0.3, 0.4) is 0 Å². The second-order valence-electron chi connectivity index (χ2n) is 7.82. The van der Waals surface area contributed by atoms with Gasteiger partial charge in [-0.1, -0.05) is 54.9 Å². The molecule has 0 N–H and O–H groups in total. The van der Waals surface area contributed by atoms with E-state index in [1.807, 2.05) is 0 Å². The minimum Gasteiger partial charge on any atom is -0.0651 e. The summed E-state index contributed by atoms with van der Waals surface area (Å²) < 4.78 is 0. The fourth-order valence-electron chi connectivity index (χ4n) is 5.55. The van der Waals surface area contributed by atoms with Crippen LogP contribution in [0.1, 0.15) is 67.7 Å². The van der Waals surface area contributed by atoms with Crippen molar-refractivity contribution in [2.75, 3.05) is 0 Å². The van der Waals surface area contributed by atoms with Crippen molar-refractivity contribution >= 4 is 0 Å². The van der Waals surface area contributed by atoms with E-state index in [2.05, 4.69) is 48.5 Å². The summed E-state index contributed by atoms with van der Waals surface area (Å²) in [7, 11) is 0. The van der Waals surface area contributed by atoms with Gasteiger partial charge in [-0.15, -0.1) is 0 Å². The average molecular weight is 236 g/mol. The van der Waals surface area contributed by atoms with Gasteiger partial charge in [0.1, 0.15) is 0 Å². The van der Waals surface area contributed by atoms with E-state index in [1.54, 1.807) is 0 Å². The van der Waals surface area contributed by atoms with Gasteiger partial charge in [0.05, 0.1) is 0 Å². The van der Waals surface area contributed by atoms with Gasteiger partial charge in [-0.25, -0.2) is 0 Å². The predicted molar refractivity (Wildman–Crippen MR) is 75.9 cm³/mol. The van der Waals surface area contributed by atoms with Crippen LogP contribution in [-0.2, 0) is 0 Å². The zero-order valence-corrected chi connectivity index (χ0v) is 13.0. The molecule has 2 aliphatic rings. The highest BCUT2D eigenvalue weighted by molar-refractivity contribution is 5.39. The number of rotatable bonds is 6. The molecule has 0 aromatic rings. The molecule has 17 heavy (non-hydrogen) atoms. The third kappa shape index (κ3) is 1.62. The van der Waals surface area contributed by atoms with E-state index >= 15 is 0 Å². The maximum absolute atomic E-state index is 2.55. The van der Waals surface area contributed by atoms with Crippen molar-refractivity contribution in [3.8, 4) is 0 Å². The molecule has 100 valence electrons. The summed E-state index contributed by atoms with van der Waals surface area (Å²) in [6, 6.07) is 0. The summed E-state index contributed by atoms with van der Waals surface area (Å²) in [5, 5.41) is 0. The van der Waals surface area contributed by atoms with Crippen LogP contribution >= 0.6 is 0 Å². The molecule has 0 amide bonds. The van der Waals surface area contributed by atoms with Gasteiger partial charge < -0.3 is 0 Å². The Bertz CT molecular complexity index is 292. The Morgan fingerprint density at radius 1 is 1.06 bits per heavy atom. The molecule has 2 aliphatic carbocycles. The monoisotopic (exact) mass is 236 g/mol. The molecule has 0 aliphatic heterocycles. The Balaban J connectivity index is 1.92. The molecule has 0 spiro atoms. The first-order chi connectivity index (χ1) is 7.82. The van der Waals surface area contributed by atoms with E-state index in [0.717, 1.165) is 40.4 Å². The fourth-order valence-corrected chi connectivity index (χ4v) is 5.55. The highest BCUT2D eigenvalue weighted by atomic mass is 15.0. The Labute approximate surface area is 109 Å². The standard InChI is InChI=1S/C17H32/c1-8-12(4)9-13(5)10-17-14(6)16(17,7)15(17)11(2)3/h11-15H,8-10H2,1-7H3. The van der Waals surface area contributed by atoms with Gasteiger partial charge in [-0.3, -0.25) is 0 Å². The quantitative estimate of drug-likeness (QED) is 0.581. The minimum absolute atomic E-state index is 0.727. The zero-order valence-electron chi connectivity index (χ0n) is 13.0. The highest BCUT2D eigenvalue weighted by Gasteiger charge is 2.92. The van der Waals surface area contributed by atoms with Crippen molar-refractivity contribution in [1.82, 2.24) is 0 Å². The van der Waals surface area contributed by atoms with Gasteiger partial charge in [0, 0.05) is 0 Å². The van der Waals surface area contributed by atoms with E-state index in [9.17, 15) is 0 Å². The molecule has 0 aromatic carbocycles. The largest absolute Gasteiger partial charge is 0.0651 e. The summed E-state index contributed by atoms with van der Waals surface area (Å²) in [5.74, 6) is 4.77. The zero-order chi connectivity index (χ0) is 13.0. The Morgan fingerprint density at radius 3 is 2.00 bits per heavy atom. The molecule has 2 rings (SSSR count). The Hall–Kier alpha value is 0. The van der Waals surface area contributed by atoms with Gasteiger partial charge in [-0.05, 0) is 53.3 Å². The second-order valence-corrected chi connectivity index (χ2v) is 7.82. The first-order valence-electron chi connectivity index (χ1n) is 7.82. The third-order valence-corrected chi connectivity index (χ3v) is 6.56. The molecule has 0 heterocycles. The lowest BCUT2D eigenvalue weighted by Gasteiger charge is -2.24. The van der Waals surface area contributed by atoms with E-state index < -0.39 is 0 Å². The lowest BCUT2D eigenvalue weighted by atomic mass is 9.80. The molecule has 2 saturated carbocycles. The molecule has 2 fully saturated rings. The molecule has 0 radical (unpaired) electrons. The van der Waals surface area contributed by atoms with E-state index in [-0.39, 0.29) is 0 Å². The first kappa shape index (κ1) is 13.4. The molecular formula is C17H32. The summed E-state index contributed by atoms with van der Waals surface area (Å²) in [4.78, 5) is 0. The molecule has 0 saturated heterocycles. The summed E-state index contributed by atoms with van der Waals surface area (Å²) >= 11 is 0. The van der Waals surface area contributed by atoms with Crippen LogP contribution in [0.5, 0.6) is 0 Å². The lowest BCUT2D eigenvalue weighted by Crippen LogP contribution is -2.17. The Morgan fingerprint density at radius 2 is 1.65 bits per heavy atom. The van der Waals surface area contributed by atoms with Crippen molar-refractivity contribution in [3.05, 3.63) is 0 Å². The number of hydrogen-bond donors (Lipinski definition) is 0. The SMILES string of the molecule is CCC(C)CC(C)CC12C(C)C1(C)C2C(C)C. The molecule has 6 unspecified atom stereocenters. The van der Waals surface area contributed by atoms with Crippen molar-refractivity contribution in [2.24, 2.45) is 40.4 Å². The van der Waals surface area contributed by atoms with Crippen molar-refractivity contribution < 1.29 is 0 Å². The minimum atomic E-state index is 0.727. The van der Waals surface area contributed by atoms with Gasteiger partial charge in [-0.2, -0.15) is 0 Å².